The lowest BCUT2D eigenvalue weighted by molar-refractivity contribution is -0.245. The van der Waals surface area contributed by atoms with Gasteiger partial charge in [0.15, 0.2) is 0 Å². The Morgan fingerprint density at radius 1 is 0.719 bits per heavy atom. The van der Waals surface area contributed by atoms with E-state index in [9.17, 15) is 4.79 Å². The van der Waals surface area contributed by atoms with Crippen LogP contribution in [0.15, 0.2) is 0 Å². The molecule has 0 aromatic rings. The number of hydrogen-bond donors (Lipinski definition) is 1. The molecule has 0 saturated heterocycles. The zero-order valence-corrected chi connectivity index (χ0v) is 24.9. The minimum absolute atomic E-state index is 0.0551. The summed E-state index contributed by atoms with van der Waals surface area (Å²) in [6.07, 6.45) is 22.6. The summed E-state index contributed by atoms with van der Waals surface area (Å²) in [5.74, 6) is -1.84. The van der Waals surface area contributed by atoms with Gasteiger partial charge in [0.25, 0.3) is 5.79 Å². The third-order valence-corrected chi connectivity index (χ3v) is 7.74. The van der Waals surface area contributed by atoms with Crippen LogP contribution in [0, 0.1) is 5.92 Å². The Kier molecular flexibility index (Phi) is 21.5. The monoisotopic (exact) mass is 490 g/mol. The Morgan fingerprint density at radius 3 is 1.50 bits per heavy atom. The molecule has 0 fully saturated rings. The molecule has 32 heavy (non-hydrogen) atoms. The van der Waals surface area contributed by atoms with Crippen LogP contribution in [0.1, 0.15) is 129 Å². The fourth-order valence-corrected chi connectivity index (χ4v) is 5.48. The maximum Gasteiger partial charge on any atom is 0.353 e. The predicted octanol–water partition coefficient (Wildman–Crippen LogP) is 6.78. The molecule has 0 aliphatic heterocycles. The molecule has 0 bridgehead atoms. The van der Waals surface area contributed by atoms with E-state index in [0.29, 0.717) is 10.5 Å². The molecule has 0 amide bonds. The van der Waals surface area contributed by atoms with Crippen LogP contribution >= 0.6 is 12.6 Å². The highest BCUT2D eigenvalue weighted by Gasteiger charge is 2.49. The zero-order chi connectivity index (χ0) is 24.1. The average Bonchev–Trinajstić information content (AvgIpc) is 2.81. The molecule has 0 heterocycles. The molecule has 0 aromatic carbocycles. The van der Waals surface area contributed by atoms with Crippen LogP contribution in [0.3, 0.4) is 0 Å². The molecule has 0 aliphatic rings. The van der Waals surface area contributed by atoms with Crippen molar-refractivity contribution < 1.29 is 18.7 Å². The summed E-state index contributed by atoms with van der Waals surface area (Å²) in [4.78, 5) is 12.6. The summed E-state index contributed by atoms with van der Waals surface area (Å²) in [7, 11) is 3.42. The van der Waals surface area contributed by atoms with Crippen LogP contribution in [0.4, 0.5) is 0 Å². The van der Waals surface area contributed by atoms with E-state index >= 15 is 0 Å². The van der Waals surface area contributed by atoms with Crippen molar-refractivity contribution in [3.8, 4) is 0 Å². The van der Waals surface area contributed by atoms with E-state index in [1.807, 2.05) is 0 Å². The highest BCUT2D eigenvalue weighted by atomic mass is 32.1. The van der Waals surface area contributed by atoms with Gasteiger partial charge in [-0.1, -0.05) is 117 Å². The van der Waals surface area contributed by atoms with Crippen LogP contribution in [0.2, 0.25) is 0 Å². The summed E-state index contributed by atoms with van der Waals surface area (Å²) >= 11 is 4.89. The number of hydrogen-bond acceptors (Lipinski definition) is 5. The molecule has 0 aromatic heterocycles. The molecule has 192 valence electrons. The van der Waals surface area contributed by atoms with E-state index in [-0.39, 0.29) is 11.2 Å². The van der Waals surface area contributed by atoms with E-state index < -0.39 is 11.8 Å². The molecule has 0 saturated carbocycles. The lowest BCUT2D eigenvalue weighted by atomic mass is 9.86. The number of carbonyl (C=O) groups is 1. The molecule has 2 unspecified atom stereocenters. The van der Waals surface area contributed by atoms with Gasteiger partial charge in [-0.25, -0.2) is 4.79 Å². The second-order valence-corrected chi connectivity index (χ2v) is 10.3. The summed E-state index contributed by atoms with van der Waals surface area (Å²) in [6, 6.07) is 0. The van der Waals surface area contributed by atoms with Crippen LogP contribution in [-0.4, -0.2) is 41.7 Å². The predicted molar refractivity (Wildman–Crippen MR) is 143 cm³/mol. The maximum absolute atomic E-state index is 12.6. The van der Waals surface area contributed by atoms with Crippen molar-refractivity contribution in [3.63, 3.8) is 0 Å². The first-order valence-corrected chi connectivity index (χ1v) is 14.7. The van der Waals surface area contributed by atoms with Gasteiger partial charge in [-0.2, -0.15) is 12.6 Å². The third-order valence-electron chi connectivity index (χ3n) is 6.75. The van der Waals surface area contributed by atoms with Gasteiger partial charge in [0.1, 0.15) is 0 Å². The summed E-state index contributed by atoms with van der Waals surface area (Å²) < 4.78 is 16.5. The number of ether oxygens (including phenoxy) is 2. The largest absolute Gasteiger partial charge is 0.525 e. The number of methoxy groups -OCH3 is 2. The zero-order valence-electron chi connectivity index (χ0n) is 22.0. The minimum Gasteiger partial charge on any atom is -0.525 e. The Hall–Kier alpha value is -0.0431. The van der Waals surface area contributed by atoms with Crippen molar-refractivity contribution in [1.82, 2.24) is 0 Å². The Balaban J connectivity index is 4.37. The average molecular weight is 491 g/mol. The van der Waals surface area contributed by atoms with E-state index in [1.165, 1.54) is 89.9 Å². The van der Waals surface area contributed by atoms with Crippen LogP contribution in [0.5, 0.6) is 0 Å². The molecule has 6 heteroatoms. The standard InChI is InChI=1S/C26H54O4SSi/c1-5-7-9-10-11-12-13-14-15-16-17-18-20-21-23(24(31)22-19-8-6-2)26(28-3,29-4)25(27)30-32/h23-24,31H,5-22H2,1-4,32H3. The van der Waals surface area contributed by atoms with E-state index in [1.54, 1.807) is 14.2 Å². The number of carbonyl (C=O) groups excluding carboxylic acids is 1. The van der Waals surface area contributed by atoms with Crippen molar-refractivity contribution in [2.45, 2.75) is 140 Å². The van der Waals surface area contributed by atoms with Crippen LogP contribution in [0.25, 0.3) is 0 Å². The number of rotatable bonds is 23. The second-order valence-electron chi connectivity index (χ2n) is 9.27. The van der Waals surface area contributed by atoms with Gasteiger partial charge in [0.2, 0.25) is 10.5 Å². The molecule has 0 spiro atoms. The topological polar surface area (TPSA) is 44.8 Å². The van der Waals surface area contributed by atoms with Gasteiger partial charge in [0, 0.05) is 25.4 Å². The smallest absolute Gasteiger partial charge is 0.353 e. The lowest BCUT2D eigenvalue weighted by Gasteiger charge is -2.38. The second kappa shape index (κ2) is 21.5. The van der Waals surface area contributed by atoms with Gasteiger partial charge in [-0.05, 0) is 12.8 Å². The molecule has 2 atom stereocenters. The highest BCUT2D eigenvalue weighted by molar-refractivity contribution is 7.81. The molecule has 4 nitrogen and oxygen atoms in total. The molecule has 0 rings (SSSR count). The van der Waals surface area contributed by atoms with Crippen molar-refractivity contribution in [2.75, 3.05) is 14.2 Å². The SMILES string of the molecule is CCCCCCCCCCCCCCCC(C(S)CCCCC)C(OC)(OC)C(=O)O[SiH3]. The quantitative estimate of drug-likeness (QED) is 0.0742. The molecule has 0 aliphatic carbocycles. The summed E-state index contributed by atoms with van der Waals surface area (Å²) in [6.45, 7) is 4.48. The Morgan fingerprint density at radius 2 is 1.09 bits per heavy atom. The van der Waals surface area contributed by atoms with Gasteiger partial charge >= 0.3 is 5.97 Å². The van der Waals surface area contributed by atoms with Gasteiger partial charge < -0.3 is 13.9 Å². The number of unbranched alkanes of at least 4 members (excludes halogenated alkanes) is 14. The van der Waals surface area contributed by atoms with E-state index in [0.717, 1.165) is 25.7 Å². The number of thiol groups is 1. The first kappa shape index (κ1) is 32.0. The highest BCUT2D eigenvalue weighted by Crippen LogP contribution is 2.36. The van der Waals surface area contributed by atoms with Crippen molar-refractivity contribution in [2.24, 2.45) is 5.92 Å². The molecular formula is C26H54O4SSi. The maximum atomic E-state index is 12.6. The van der Waals surface area contributed by atoms with Gasteiger partial charge in [-0.15, -0.1) is 0 Å². The van der Waals surface area contributed by atoms with Gasteiger partial charge in [0.05, 0.1) is 0 Å². The third kappa shape index (κ3) is 13.0. The van der Waals surface area contributed by atoms with Crippen molar-refractivity contribution in [3.05, 3.63) is 0 Å². The van der Waals surface area contributed by atoms with Crippen LogP contribution < -0.4 is 0 Å². The fourth-order valence-electron chi connectivity index (χ4n) is 4.67. The Bertz CT molecular complexity index is 432. The normalized spacial score (nSPS) is 13.9. The summed E-state index contributed by atoms with van der Waals surface area (Å²) in [5, 5.41) is 0.0551. The van der Waals surface area contributed by atoms with Crippen molar-refractivity contribution >= 4 is 29.1 Å². The molecular weight excluding hydrogens is 436 g/mol. The Labute approximate surface area is 208 Å². The van der Waals surface area contributed by atoms with Crippen LogP contribution in [-0.2, 0) is 18.7 Å². The van der Waals surface area contributed by atoms with E-state index in [2.05, 4.69) is 13.8 Å². The van der Waals surface area contributed by atoms with E-state index in [4.69, 9.17) is 26.5 Å². The first-order chi connectivity index (χ1) is 15.5. The fraction of sp³-hybridized carbons (Fsp3) is 0.962. The van der Waals surface area contributed by atoms with Gasteiger partial charge in [-0.3, -0.25) is 0 Å². The molecule has 0 radical (unpaired) electrons. The first-order valence-electron chi connectivity index (χ1n) is 13.4. The molecule has 0 N–H and O–H groups in total. The minimum atomic E-state index is -1.34. The van der Waals surface area contributed by atoms with Crippen molar-refractivity contribution in [1.29, 1.82) is 0 Å². The lowest BCUT2D eigenvalue weighted by Crippen LogP contribution is -2.53. The summed E-state index contributed by atoms with van der Waals surface area (Å²) in [5.41, 5.74) is 0.